The number of fused-ring (bicyclic) bond motifs is 1. The Hall–Kier alpha value is -2.38. The van der Waals surface area contributed by atoms with Crippen LogP contribution >= 0.6 is 0 Å². The zero-order valence-electron chi connectivity index (χ0n) is 8.96. The number of carboxylic acids is 2. The third-order valence-electron chi connectivity index (χ3n) is 3.26. The number of carbonyl (C=O) groups is 2. The van der Waals surface area contributed by atoms with Gasteiger partial charge in [-0.25, -0.2) is 15.0 Å². The van der Waals surface area contributed by atoms with Crippen molar-refractivity contribution in [2.45, 2.75) is 6.04 Å². The second kappa shape index (κ2) is 3.56. The van der Waals surface area contributed by atoms with Crippen LogP contribution in [0.25, 0.3) is 0 Å². The Balaban J connectivity index is 1.92. The van der Waals surface area contributed by atoms with Crippen molar-refractivity contribution in [3.8, 4) is 0 Å². The topological polar surface area (TPSA) is 124 Å². The Morgan fingerprint density at radius 2 is 1.72 bits per heavy atom. The number of nitrogens with zero attached hydrogens (tertiary/aromatic N) is 4. The van der Waals surface area contributed by atoms with E-state index >= 15 is 0 Å². The molecule has 3 unspecified atom stereocenters. The van der Waals surface area contributed by atoms with Crippen LogP contribution in [0.1, 0.15) is 0 Å². The summed E-state index contributed by atoms with van der Waals surface area (Å²) in [6, 6.07) is -0.522. The van der Waals surface area contributed by atoms with Crippen molar-refractivity contribution < 1.29 is 19.8 Å². The maximum atomic E-state index is 11.0. The maximum Gasteiger partial charge on any atom is 0.308 e. The number of amidine groups is 1. The zero-order chi connectivity index (χ0) is 12.9. The first-order valence-corrected chi connectivity index (χ1v) is 5.26. The van der Waals surface area contributed by atoms with Crippen LogP contribution < -0.4 is 0 Å². The number of hydrogen-bond donors (Lipinski definition) is 2. The summed E-state index contributed by atoms with van der Waals surface area (Å²) >= 11 is 0. The summed E-state index contributed by atoms with van der Waals surface area (Å²) in [5.74, 6) is -4.33. The number of aliphatic imine (C=N–C) groups is 4. The average Bonchev–Trinajstić information content (AvgIpc) is 2.90. The normalized spacial score (nSPS) is 35.8. The van der Waals surface area contributed by atoms with Gasteiger partial charge in [0.05, 0.1) is 17.5 Å². The molecule has 0 aromatic carbocycles. The number of carboxylic acid groups (broad SMARTS) is 2. The van der Waals surface area contributed by atoms with Gasteiger partial charge in [-0.1, -0.05) is 0 Å². The molecule has 3 rings (SSSR count). The standard InChI is InChI=1S/C10H8N4O4/c15-9(16)4-3(5(4)10(17)18)6-7-8(13-1-11-6)14-2-12-7/h1-5,7H,(H,15,16)(H,17,18). The highest BCUT2D eigenvalue weighted by Gasteiger charge is 2.63. The predicted molar refractivity (Wildman–Crippen MR) is 61.4 cm³/mol. The second-order valence-corrected chi connectivity index (χ2v) is 4.21. The van der Waals surface area contributed by atoms with Crippen LogP contribution in [0, 0.1) is 17.8 Å². The van der Waals surface area contributed by atoms with Crippen molar-refractivity contribution in [3.05, 3.63) is 0 Å². The largest absolute Gasteiger partial charge is 0.481 e. The van der Waals surface area contributed by atoms with Crippen LogP contribution in [-0.4, -0.2) is 52.4 Å². The van der Waals surface area contributed by atoms with E-state index in [1.54, 1.807) is 0 Å². The highest BCUT2D eigenvalue weighted by Crippen LogP contribution is 2.49. The van der Waals surface area contributed by atoms with E-state index in [-0.39, 0.29) is 0 Å². The van der Waals surface area contributed by atoms with E-state index in [2.05, 4.69) is 20.0 Å². The van der Waals surface area contributed by atoms with Crippen LogP contribution in [0.4, 0.5) is 0 Å². The molecule has 1 fully saturated rings. The van der Waals surface area contributed by atoms with Crippen molar-refractivity contribution in [1.82, 2.24) is 0 Å². The van der Waals surface area contributed by atoms with Crippen LogP contribution in [0.2, 0.25) is 0 Å². The van der Waals surface area contributed by atoms with E-state index in [1.165, 1.54) is 12.7 Å². The van der Waals surface area contributed by atoms with E-state index in [1.807, 2.05) is 0 Å². The smallest absolute Gasteiger partial charge is 0.308 e. The molecule has 92 valence electrons. The van der Waals surface area contributed by atoms with Gasteiger partial charge in [-0.3, -0.25) is 14.6 Å². The lowest BCUT2D eigenvalue weighted by molar-refractivity contribution is -0.144. The lowest BCUT2D eigenvalue weighted by atomic mass is 10.0. The van der Waals surface area contributed by atoms with Gasteiger partial charge in [0.15, 0.2) is 5.84 Å². The molecule has 3 aliphatic rings. The average molecular weight is 248 g/mol. The lowest BCUT2D eigenvalue weighted by Crippen LogP contribution is -2.31. The van der Waals surface area contributed by atoms with Gasteiger partial charge < -0.3 is 10.2 Å². The third kappa shape index (κ3) is 1.38. The fraction of sp³-hybridized carbons (Fsp3) is 0.400. The molecule has 18 heavy (non-hydrogen) atoms. The van der Waals surface area contributed by atoms with Gasteiger partial charge in [-0.2, -0.15) is 0 Å². The summed E-state index contributed by atoms with van der Waals surface area (Å²) in [6.45, 7) is 0. The van der Waals surface area contributed by atoms with Crippen molar-refractivity contribution >= 4 is 36.2 Å². The molecule has 0 saturated heterocycles. The molecular formula is C10H8N4O4. The molecule has 0 spiro atoms. The second-order valence-electron chi connectivity index (χ2n) is 4.21. The Kier molecular flexibility index (Phi) is 2.12. The fourth-order valence-electron chi connectivity index (χ4n) is 2.40. The predicted octanol–water partition coefficient (Wildman–Crippen LogP) is -0.690. The van der Waals surface area contributed by atoms with Crippen LogP contribution in [0.5, 0.6) is 0 Å². The maximum absolute atomic E-state index is 11.0. The first-order valence-electron chi connectivity index (χ1n) is 5.26. The molecule has 0 radical (unpaired) electrons. The van der Waals surface area contributed by atoms with Gasteiger partial charge in [0.2, 0.25) is 0 Å². The van der Waals surface area contributed by atoms with E-state index < -0.39 is 35.7 Å². The van der Waals surface area contributed by atoms with E-state index in [0.29, 0.717) is 11.5 Å². The quantitative estimate of drug-likeness (QED) is 0.685. The van der Waals surface area contributed by atoms with Crippen LogP contribution in [0.3, 0.4) is 0 Å². The molecule has 0 aromatic heterocycles. The highest BCUT2D eigenvalue weighted by molar-refractivity contribution is 6.23. The molecule has 0 aromatic rings. The van der Waals surface area contributed by atoms with Gasteiger partial charge in [0.25, 0.3) is 0 Å². The first-order chi connectivity index (χ1) is 8.61. The summed E-state index contributed by atoms with van der Waals surface area (Å²) in [6.07, 6.45) is 2.58. The summed E-state index contributed by atoms with van der Waals surface area (Å²) in [7, 11) is 0. The third-order valence-corrected chi connectivity index (χ3v) is 3.26. The molecule has 2 N–H and O–H groups in total. The van der Waals surface area contributed by atoms with Gasteiger partial charge in [-0.15, -0.1) is 0 Å². The SMILES string of the molecule is O=C(O)C1C(C(=O)O)C1C1=NC=NC2=NC=NC21. The molecule has 0 amide bonds. The minimum atomic E-state index is -1.13. The summed E-state index contributed by atoms with van der Waals surface area (Å²) in [5.41, 5.74) is 0.428. The minimum Gasteiger partial charge on any atom is -0.481 e. The molecule has 1 saturated carbocycles. The molecular weight excluding hydrogens is 240 g/mol. The summed E-state index contributed by atoms with van der Waals surface area (Å²) < 4.78 is 0. The van der Waals surface area contributed by atoms with Crippen molar-refractivity contribution in [3.63, 3.8) is 0 Å². The molecule has 8 nitrogen and oxygen atoms in total. The molecule has 1 aliphatic carbocycles. The summed E-state index contributed by atoms with van der Waals surface area (Å²) in [5, 5.41) is 18.0. The van der Waals surface area contributed by atoms with Crippen LogP contribution in [-0.2, 0) is 9.59 Å². The van der Waals surface area contributed by atoms with Crippen molar-refractivity contribution in [2.75, 3.05) is 0 Å². The van der Waals surface area contributed by atoms with Crippen molar-refractivity contribution in [1.29, 1.82) is 0 Å². The first kappa shape index (κ1) is 10.8. The molecule has 3 atom stereocenters. The molecule has 0 bridgehead atoms. The molecule has 8 heteroatoms. The Bertz CT molecular complexity index is 542. The van der Waals surface area contributed by atoms with Crippen LogP contribution in [0.15, 0.2) is 20.0 Å². The minimum absolute atomic E-state index is 0.428. The lowest BCUT2D eigenvalue weighted by Gasteiger charge is -2.13. The fourth-order valence-corrected chi connectivity index (χ4v) is 2.40. The monoisotopic (exact) mass is 248 g/mol. The summed E-state index contributed by atoms with van der Waals surface area (Å²) in [4.78, 5) is 37.9. The Morgan fingerprint density at radius 1 is 1.06 bits per heavy atom. The highest BCUT2D eigenvalue weighted by atomic mass is 16.4. The molecule has 2 heterocycles. The van der Waals surface area contributed by atoms with Gasteiger partial charge in [0.1, 0.15) is 18.7 Å². The van der Waals surface area contributed by atoms with Gasteiger partial charge >= 0.3 is 11.9 Å². The number of aliphatic carboxylic acids is 2. The number of hydrogen-bond acceptors (Lipinski definition) is 6. The van der Waals surface area contributed by atoms with E-state index in [9.17, 15) is 9.59 Å². The van der Waals surface area contributed by atoms with Gasteiger partial charge in [-0.05, 0) is 0 Å². The number of rotatable bonds is 3. The van der Waals surface area contributed by atoms with E-state index in [0.717, 1.165) is 0 Å². The Labute approximate surface area is 100 Å². The molecule has 2 aliphatic heterocycles. The van der Waals surface area contributed by atoms with Gasteiger partial charge in [0, 0.05) is 5.92 Å². The van der Waals surface area contributed by atoms with Crippen molar-refractivity contribution in [2.24, 2.45) is 37.7 Å². The zero-order valence-corrected chi connectivity index (χ0v) is 8.96. The Morgan fingerprint density at radius 3 is 2.33 bits per heavy atom. The van der Waals surface area contributed by atoms with E-state index in [4.69, 9.17) is 10.2 Å².